The van der Waals surface area contributed by atoms with Crippen molar-refractivity contribution in [3.8, 4) is 0 Å². The standard InChI is InChI=1S/C19H22BrN3O4/c1-13-11-16(22-27-13)21-17(24)12-23(2)18(25)19(7-9-26-10-8-19)14-3-5-15(20)6-4-14/h3-6,11H,7-10,12H2,1-2H3,(H,21,22,24). The minimum atomic E-state index is -0.682. The highest BCUT2D eigenvalue weighted by atomic mass is 79.9. The molecule has 2 heterocycles. The first-order valence-corrected chi connectivity index (χ1v) is 9.52. The number of likely N-dealkylation sites (N-methyl/N-ethyl adjacent to an activating group) is 1. The van der Waals surface area contributed by atoms with Crippen molar-refractivity contribution >= 4 is 33.6 Å². The average molecular weight is 436 g/mol. The monoisotopic (exact) mass is 435 g/mol. The van der Waals surface area contributed by atoms with Crippen molar-refractivity contribution in [3.05, 3.63) is 46.1 Å². The maximum Gasteiger partial charge on any atom is 0.245 e. The molecule has 0 radical (unpaired) electrons. The van der Waals surface area contributed by atoms with E-state index >= 15 is 0 Å². The Kier molecular flexibility index (Phi) is 5.96. The first kappa shape index (κ1) is 19.6. The summed E-state index contributed by atoms with van der Waals surface area (Å²) in [5, 5.41) is 6.38. The highest BCUT2D eigenvalue weighted by molar-refractivity contribution is 9.10. The summed E-state index contributed by atoms with van der Waals surface area (Å²) in [5.74, 6) is 0.537. The van der Waals surface area contributed by atoms with E-state index in [1.54, 1.807) is 20.0 Å². The molecule has 0 aliphatic carbocycles. The van der Waals surface area contributed by atoms with Crippen molar-refractivity contribution < 1.29 is 18.8 Å². The number of hydrogen-bond acceptors (Lipinski definition) is 5. The molecule has 7 nitrogen and oxygen atoms in total. The molecule has 1 aromatic heterocycles. The average Bonchev–Trinajstić information content (AvgIpc) is 3.06. The number of rotatable bonds is 5. The molecule has 2 amide bonds. The zero-order chi connectivity index (χ0) is 19.4. The molecule has 0 spiro atoms. The number of nitrogens with zero attached hydrogens (tertiary/aromatic N) is 2. The van der Waals surface area contributed by atoms with Crippen LogP contribution in [0.2, 0.25) is 0 Å². The number of amides is 2. The molecule has 2 aromatic rings. The molecule has 0 unspecified atom stereocenters. The van der Waals surface area contributed by atoms with Gasteiger partial charge in [0, 0.05) is 30.8 Å². The quantitative estimate of drug-likeness (QED) is 0.780. The lowest BCUT2D eigenvalue weighted by atomic mass is 9.73. The van der Waals surface area contributed by atoms with Gasteiger partial charge in [-0.25, -0.2) is 0 Å². The van der Waals surface area contributed by atoms with Crippen LogP contribution in [0.1, 0.15) is 24.2 Å². The van der Waals surface area contributed by atoms with E-state index in [0.29, 0.717) is 37.6 Å². The number of benzene rings is 1. The van der Waals surface area contributed by atoms with Crippen LogP contribution in [-0.4, -0.2) is 48.7 Å². The lowest BCUT2D eigenvalue weighted by molar-refractivity contribution is -0.142. The van der Waals surface area contributed by atoms with E-state index < -0.39 is 5.41 Å². The molecule has 0 saturated carbocycles. The molecule has 1 fully saturated rings. The molecule has 1 N–H and O–H groups in total. The van der Waals surface area contributed by atoms with Crippen LogP contribution < -0.4 is 5.32 Å². The minimum absolute atomic E-state index is 0.0656. The van der Waals surface area contributed by atoms with Gasteiger partial charge < -0.3 is 19.5 Å². The largest absolute Gasteiger partial charge is 0.381 e. The predicted octanol–water partition coefficient (Wildman–Crippen LogP) is 2.89. The SMILES string of the molecule is Cc1cc(NC(=O)CN(C)C(=O)C2(c3ccc(Br)cc3)CCOCC2)no1. The number of carbonyl (C=O) groups is 2. The first-order valence-electron chi connectivity index (χ1n) is 8.73. The van der Waals surface area contributed by atoms with Crippen molar-refractivity contribution in [3.63, 3.8) is 0 Å². The zero-order valence-electron chi connectivity index (χ0n) is 15.3. The van der Waals surface area contributed by atoms with Crippen LogP contribution in [0.15, 0.2) is 39.3 Å². The van der Waals surface area contributed by atoms with E-state index in [1.165, 1.54) is 4.90 Å². The number of aromatic nitrogens is 1. The van der Waals surface area contributed by atoms with Crippen molar-refractivity contribution in [1.82, 2.24) is 10.1 Å². The Balaban J connectivity index is 1.75. The number of carbonyl (C=O) groups excluding carboxylic acids is 2. The Hall–Kier alpha value is -2.19. The molecular formula is C19H22BrN3O4. The number of halogens is 1. The summed E-state index contributed by atoms with van der Waals surface area (Å²) in [6.07, 6.45) is 1.17. The second-order valence-corrected chi connectivity index (χ2v) is 7.65. The summed E-state index contributed by atoms with van der Waals surface area (Å²) in [6, 6.07) is 9.40. The van der Waals surface area contributed by atoms with Gasteiger partial charge in [0.25, 0.3) is 0 Å². The fourth-order valence-electron chi connectivity index (χ4n) is 3.38. The minimum Gasteiger partial charge on any atom is -0.381 e. The smallest absolute Gasteiger partial charge is 0.245 e. The van der Waals surface area contributed by atoms with Crippen LogP contribution in [0.4, 0.5) is 5.82 Å². The van der Waals surface area contributed by atoms with E-state index in [4.69, 9.17) is 9.26 Å². The molecule has 1 aliphatic heterocycles. The lowest BCUT2D eigenvalue weighted by Crippen LogP contribution is -2.50. The summed E-state index contributed by atoms with van der Waals surface area (Å²) in [5.41, 5.74) is 0.261. The number of ether oxygens (including phenoxy) is 1. The first-order chi connectivity index (χ1) is 12.9. The summed E-state index contributed by atoms with van der Waals surface area (Å²) in [6.45, 7) is 2.70. The van der Waals surface area contributed by atoms with Crippen molar-refractivity contribution in [1.29, 1.82) is 0 Å². The molecule has 27 heavy (non-hydrogen) atoms. The third kappa shape index (κ3) is 4.39. The van der Waals surface area contributed by atoms with Gasteiger partial charge in [-0.3, -0.25) is 9.59 Å². The van der Waals surface area contributed by atoms with E-state index in [2.05, 4.69) is 26.4 Å². The number of hydrogen-bond donors (Lipinski definition) is 1. The highest BCUT2D eigenvalue weighted by Crippen LogP contribution is 2.37. The van der Waals surface area contributed by atoms with Crippen LogP contribution >= 0.6 is 15.9 Å². The predicted molar refractivity (Wildman–Crippen MR) is 103 cm³/mol. The molecule has 8 heteroatoms. The fraction of sp³-hybridized carbons (Fsp3) is 0.421. The number of nitrogens with one attached hydrogen (secondary N) is 1. The van der Waals surface area contributed by atoms with Crippen LogP contribution in [0.5, 0.6) is 0 Å². The number of anilines is 1. The summed E-state index contributed by atoms with van der Waals surface area (Å²) in [4.78, 5) is 27.1. The summed E-state index contributed by atoms with van der Waals surface area (Å²) in [7, 11) is 1.64. The molecule has 1 saturated heterocycles. The van der Waals surface area contributed by atoms with E-state index in [-0.39, 0.29) is 18.4 Å². The summed E-state index contributed by atoms with van der Waals surface area (Å²) < 4.78 is 11.4. The second-order valence-electron chi connectivity index (χ2n) is 6.73. The maximum atomic E-state index is 13.3. The molecule has 0 bridgehead atoms. The molecule has 0 atom stereocenters. The van der Waals surface area contributed by atoms with Crippen LogP contribution in [-0.2, 0) is 19.7 Å². The van der Waals surface area contributed by atoms with Gasteiger partial charge in [-0.05, 0) is 37.5 Å². The van der Waals surface area contributed by atoms with Crippen molar-refractivity contribution in [2.75, 3.05) is 32.1 Å². The van der Waals surface area contributed by atoms with Gasteiger partial charge in [-0.2, -0.15) is 0 Å². The fourth-order valence-corrected chi connectivity index (χ4v) is 3.64. The van der Waals surface area contributed by atoms with Crippen molar-refractivity contribution in [2.24, 2.45) is 0 Å². The van der Waals surface area contributed by atoms with Crippen LogP contribution in [0.3, 0.4) is 0 Å². The topological polar surface area (TPSA) is 84.7 Å². The van der Waals surface area contributed by atoms with Gasteiger partial charge in [0.05, 0.1) is 12.0 Å². The molecule has 144 valence electrons. The molecule has 1 aliphatic rings. The zero-order valence-corrected chi connectivity index (χ0v) is 16.9. The Morgan fingerprint density at radius 2 is 1.93 bits per heavy atom. The third-order valence-corrected chi connectivity index (χ3v) is 5.30. The van der Waals surface area contributed by atoms with Gasteiger partial charge in [-0.15, -0.1) is 0 Å². The Morgan fingerprint density at radius 1 is 1.26 bits per heavy atom. The normalized spacial score (nSPS) is 16.0. The maximum absolute atomic E-state index is 13.3. The van der Waals surface area contributed by atoms with Gasteiger partial charge in [0.2, 0.25) is 11.8 Å². The van der Waals surface area contributed by atoms with Crippen LogP contribution in [0, 0.1) is 6.92 Å². The third-order valence-electron chi connectivity index (χ3n) is 4.78. The van der Waals surface area contributed by atoms with Gasteiger partial charge >= 0.3 is 0 Å². The lowest BCUT2D eigenvalue weighted by Gasteiger charge is -2.39. The Bertz CT molecular complexity index is 813. The number of aryl methyl sites for hydroxylation is 1. The summed E-state index contributed by atoms with van der Waals surface area (Å²) >= 11 is 3.43. The highest BCUT2D eigenvalue weighted by Gasteiger charge is 2.43. The Morgan fingerprint density at radius 3 is 2.52 bits per heavy atom. The van der Waals surface area contributed by atoms with E-state index in [9.17, 15) is 9.59 Å². The second kappa shape index (κ2) is 8.22. The van der Waals surface area contributed by atoms with Gasteiger partial charge in [-0.1, -0.05) is 33.2 Å². The van der Waals surface area contributed by atoms with Crippen molar-refractivity contribution in [2.45, 2.75) is 25.2 Å². The molecule has 3 rings (SSSR count). The molecular weight excluding hydrogens is 414 g/mol. The van der Waals surface area contributed by atoms with Gasteiger partial charge in [0.15, 0.2) is 5.82 Å². The van der Waals surface area contributed by atoms with E-state index in [1.807, 2.05) is 24.3 Å². The van der Waals surface area contributed by atoms with Crippen LogP contribution in [0.25, 0.3) is 0 Å². The van der Waals surface area contributed by atoms with Gasteiger partial charge in [0.1, 0.15) is 5.76 Å². The Labute approximate surface area is 166 Å². The van der Waals surface area contributed by atoms with E-state index in [0.717, 1.165) is 10.0 Å². The molecule has 1 aromatic carbocycles.